The van der Waals surface area contributed by atoms with E-state index in [9.17, 15) is 14.9 Å². The van der Waals surface area contributed by atoms with Crippen LogP contribution in [0.4, 0.5) is 23.3 Å². The molecule has 29 heavy (non-hydrogen) atoms. The molecule has 2 aromatic carbocycles. The van der Waals surface area contributed by atoms with E-state index in [4.69, 9.17) is 22.1 Å². The lowest BCUT2D eigenvalue weighted by atomic mass is 10.2. The van der Waals surface area contributed by atoms with E-state index < -0.39 is 10.9 Å². The molecule has 3 aromatic rings. The fourth-order valence-corrected chi connectivity index (χ4v) is 2.57. The monoisotopic (exact) mass is 414 g/mol. The summed E-state index contributed by atoms with van der Waals surface area (Å²) in [5, 5.41) is 13.6. The maximum atomic E-state index is 12.2. The zero-order valence-corrected chi connectivity index (χ0v) is 15.9. The standard InChI is InChI=1S/C18H15ClN6O4/c1-10-2-4-11(5-3-10)21-18-23-15(22-17(20)24-18)9-29-16(26)13-7-6-12(25(27)28)8-14(13)19/h2-8H,9H2,1H3,(H3,20,21,22,23,24). The fraction of sp³-hybridized carbons (Fsp3) is 0.111. The van der Waals surface area contributed by atoms with E-state index in [0.29, 0.717) is 0 Å². The van der Waals surface area contributed by atoms with Crippen LogP contribution in [0.25, 0.3) is 0 Å². The first-order valence-corrected chi connectivity index (χ1v) is 8.65. The van der Waals surface area contributed by atoms with Crippen molar-refractivity contribution in [3.8, 4) is 0 Å². The number of ether oxygens (including phenoxy) is 1. The van der Waals surface area contributed by atoms with E-state index in [0.717, 1.165) is 23.4 Å². The summed E-state index contributed by atoms with van der Waals surface area (Å²) in [6.45, 7) is 1.68. The number of esters is 1. The zero-order chi connectivity index (χ0) is 21.0. The average Bonchev–Trinajstić information content (AvgIpc) is 2.67. The number of halogens is 1. The number of carbonyl (C=O) groups is 1. The minimum Gasteiger partial charge on any atom is -0.454 e. The number of nitrogen functional groups attached to an aromatic ring is 1. The third-order valence-electron chi connectivity index (χ3n) is 3.72. The van der Waals surface area contributed by atoms with Gasteiger partial charge in [-0.15, -0.1) is 0 Å². The third-order valence-corrected chi connectivity index (χ3v) is 4.04. The van der Waals surface area contributed by atoms with Gasteiger partial charge in [0.05, 0.1) is 15.5 Å². The van der Waals surface area contributed by atoms with Gasteiger partial charge in [-0.05, 0) is 25.1 Å². The summed E-state index contributed by atoms with van der Waals surface area (Å²) >= 11 is 5.93. The number of nitrogens with one attached hydrogen (secondary N) is 1. The van der Waals surface area contributed by atoms with E-state index in [1.165, 1.54) is 6.07 Å². The first-order chi connectivity index (χ1) is 13.8. The molecule has 1 aromatic heterocycles. The average molecular weight is 415 g/mol. The Kier molecular flexibility index (Phi) is 5.84. The molecule has 1 heterocycles. The van der Waals surface area contributed by atoms with Crippen LogP contribution in [-0.4, -0.2) is 25.8 Å². The lowest BCUT2D eigenvalue weighted by Gasteiger charge is -2.09. The molecule has 148 valence electrons. The number of aryl methyl sites for hydroxylation is 1. The molecule has 10 nitrogen and oxygen atoms in total. The smallest absolute Gasteiger partial charge is 0.340 e. The van der Waals surface area contributed by atoms with Gasteiger partial charge in [-0.3, -0.25) is 10.1 Å². The number of nitrogens with two attached hydrogens (primary N) is 1. The highest BCUT2D eigenvalue weighted by molar-refractivity contribution is 6.33. The Labute approximate surface area is 169 Å². The predicted octanol–water partition coefficient (Wildman–Crippen LogP) is 3.42. The molecule has 0 saturated heterocycles. The van der Waals surface area contributed by atoms with E-state index in [2.05, 4.69) is 20.3 Å². The van der Waals surface area contributed by atoms with Gasteiger partial charge in [0.2, 0.25) is 11.9 Å². The number of hydrogen-bond donors (Lipinski definition) is 2. The Bertz CT molecular complexity index is 1070. The first kappa shape index (κ1) is 20.0. The number of hydrogen-bond acceptors (Lipinski definition) is 9. The van der Waals surface area contributed by atoms with Gasteiger partial charge in [-0.2, -0.15) is 15.0 Å². The van der Waals surface area contributed by atoms with Gasteiger partial charge in [-0.1, -0.05) is 29.3 Å². The number of aromatic nitrogens is 3. The van der Waals surface area contributed by atoms with E-state index in [1.807, 2.05) is 31.2 Å². The molecular weight excluding hydrogens is 400 g/mol. The number of nitro benzene ring substituents is 1. The molecule has 0 fully saturated rings. The third kappa shape index (κ3) is 5.14. The highest BCUT2D eigenvalue weighted by Crippen LogP contribution is 2.23. The second-order valence-corrected chi connectivity index (χ2v) is 6.33. The number of carbonyl (C=O) groups excluding carboxylic acids is 1. The van der Waals surface area contributed by atoms with Crippen molar-refractivity contribution >= 4 is 40.8 Å². The Hall–Kier alpha value is -3.79. The summed E-state index contributed by atoms with van der Waals surface area (Å²) < 4.78 is 5.14. The number of rotatable bonds is 6. The van der Waals surface area contributed by atoms with Crippen LogP contribution < -0.4 is 11.1 Å². The number of nitro groups is 1. The predicted molar refractivity (Wildman–Crippen MR) is 106 cm³/mol. The minimum absolute atomic E-state index is 0.0164. The van der Waals surface area contributed by atoms with Crippen molar-refractivity contribution in [3.05, 3.63) is 74.6 Å². The molecule has 0 atom stereocenters. The van der Waals surface area contributed by atoms with Crippen LogP contribution >= 0.6 is 11.6 Å². The number of nitrogens with zero attached hydrogens (tertiary/aromatic N) is 4. The number of non-ortho nitro benzene ring substituents is 1. The fourth-order valence-electron chi connectivity index (χ4n) is 2.32. The molecule has 0 amide bonds. The minimum atomic E-state index is -0.781. The van der Waals surface area contributed by atoms with Crippen LogP contribution in [0.1, 0.15) is 21.7 Å². The second kappa shape index (κ2) is 8.48. The van der Waals surface area contributed by atoms with Crippen LogP contribution in [0.5, 0.6) is 0 Å². The number of benzene rings is 2. The quantitative estimate of drug-likeness (QED) is 0.351. The molecule has 3 N–H and O–H groups in total. The van der Waals surface area contributed by atoms with Gasteiger partial charge in [-0.25, -0.2) is 4.79 Å². The molecule has 0 unspecified atom stereocenters. The maximum absolute atomic E-state index is 12.2. The molecular formula is C18H15ClN6O4. The van der Waals surface area contributed by atoms with Crippen LogP contribution in [0.3, 0.4) is 0 Å². The Morgan fingerprint density at radius 2 is 1.93 bits per heavy atom. The molecule has 0 spiro atoms. The summed E-state index contributed by atoms with van der Waals surface area (Å²) in [5.41, 5.74) is 7.30. The van der Waals surface area contributed by atoms with Crippen LogP contribution in [-0.2, 0) is 11.3 Å². The van der Waals surface area contributed by atoms with E-state index in [-0.39, 0.29) is 40.6 Å². The molecule has 3 rings (SSSR count). The first-order valence-electron chi connectivity index (χ1n) is 8.27. The van der Waals surface area contributed by atoms with Crippen molar-refractivity contribution in [1.82, 2.24) is 15.0 Å². The molecule has 0 aliphatic heterocycles. The molecule has 0 bridgehead atoms. The SMILES string of the molecule is Cc1ccc(Nc2nc(N)nc(COC(=O)c3ccc([N+](=O)[O-])cc3Cl)n2)cc1. The van der Waals surface area contributed by atoms with Gasteiger partial charge in [0.15, 0.2) is 12.4 Å². The van der Waals surface area contributed by atoms with E-state index in [1.54, 1.807) is 0 Å². The summed E-state index contributed by atoms with van der Waals surface area (Å²) in [7, 11) is 0. The van der Waals surface area contributed by atoms with Crippen molar-refractivity contribution in [2.75, 3.05) is 11.1 Å². The van der Waals surface area contributed by atoms with Gasteiger partial charge in [0.25, 0.3) is 5.69 Å². The summed E-state index contributed by atoms with van der Waals surface area (Å²) in [6.07, 6.45) is 0. The van der Waals surface area contributed by atoms with Crippen LogP contribution in [0.2, 0.25) is 5.02 Å². The van der Waals surface area contributed by atoms with Crippen molar-refractivity contribution in [1.29, 1.82) is 0 Å². The van der Waals surface area contributed by atoms with Crippen molar-refractivity contribution in [2.45, 2.75) is 13.5 Å². The summed E-state index contributed by atoms with van der Waals surface area (Å²) in [4.78, 5) is 34.4. The summed E-state index contributed by atoms with van der Waals surface area (Å²) in [6, 6.07) is 11.0. The van der Waals surface area contributed by atoms with Crippen LogP contribution in [0, 0.1) is 17.0 Å². The molecule has 0 saturated carbocycles. The molecule has 11 heteroatoms. The Balaban J connectivity index is 1.70. The Morgan fingerprint density at radius 1 is 1.21 bits per heavy atom. The zero-order valence-electron chi connectivity index (χ0n) is 15.1. The second-order valence-electron chi connectivity index (χ2n) is 5.92. The van der Waals surface area contributed by atoms with Crippen molar-refractivity contribution < 1.29 is 14.5 Å². The maximum Gasteiger partial charge on any atom is 0.340 e. The molecule has 0 aliphatic rings. The van der Waals surface area contributed by atoms with E-state index >= 15 is 0 Å². The molecule has 0 radical (unpaired) electrons. The normalized spacial score (nSPS) is 10.4. The van der Waals surface area contributed by atoms with Gasteiger partial charge >= 0.3 is 5.97 Å². The molecule has 0 aliphatic carbocycles. The lowest BCUT2D eigenvalue weighted by Crippen LogP contribution is -2.11. The van der Waals surface area contributed by atoms with Crippen molar-refractivity contribution in [2.24, 2.45) is 0 Å². The van der Waals surface area contributed by atoms with Crippen molar-refractivity contribution in [3.63, 3.8) is 0 Å². The highest BCUT2D eigenvalue weighted by Gasteiger charge is 2.17. The van der Waals surface area contributed by atoms with Gasteiger partial charge < -0.3 is 15.8 Å². The van der Waals surface area contributed by atoms with Crippen LogP contribution in [0.15, 0.2) is 42.5 Å². The van der Waals surface area contributed by atoms with Gasteiger partial charge in [0, 0.05) is 17.8 Å². The van der Waals surface area contributed by atoms with Gasteiger partial charge in [0.1, 0.15) is 0 Å². The Morgan fingerprint density at radius 3 is 2.59 bits per heavy atom. The largest absolute Gasteiger partial charge is 0.454 e. The number of anilines is 3. The topological polar surface area (TPSA) is 146 Å². The summed E-state index contributed by atoms with van der Waals surface area (Å²) in [5.74, 6) is -0.509. The lowest BCUT2D eigenvalue weighted by molar-refractivity contribution is -0.384. The highest BCUT2D eigenvalue weighted by atomic mass is 35.5.